The molecule has 0 aromatic heterocycles. The van der Waals surface area contributed by atoms with Gasteiger partial charge in [0.1, 0.15) is 6.04 Å². The van der Waals surface area contributed by atoms with Crippen LogP contribution >= 0.6 is 0 Å². The highest BCUT2D eigenvalue weighted by atomic mass is 19.4. The zero-order chi connectivity index (χ0) is 30.8. The van der Waals surface area contributed by atoms with E-state index in [4.69, 9.17) is 9.90 Å². The monoisotopic (exact) mass is 589 g/mol. The number of piperazine rings is 1. The van der Waals surface area contributed by atoms with Crippen LogP contribution in [0.5, 0.6) is 0 Å². The number of hydrogen-bond donors (Lipinski definition) is 3. The number of carbonyl (C=O) groups is 6. The minimum atomic E-state index is -5.08. The fourth-order valence-corrected chi connectivity index (χ4v) is 4.72. The summed E-state index contributed by atoms with van der Waals surface area (Å²) < 4.78 is 31.7. The van der Waals surface area contributed by atoms with E-state index in [1.165, 1.54) is 18.2 Å². The molecule has 0 radical (unpaired) electrons. The standard InChI is InChI=1S/C25H25N5O5.C2HF3O2/c1-28-11-13-29(14-12-28)16-7-5-15(6-8-16)26-22(32)17-3-2-4-18-21(17)25(35)30(24(18)34)19-9-10-20(31)27-23(19)33;3-2(4,5)1(6)7/h2-8,19H,9-14H2,1H3,(H,26,32)(H,27,31,33);(H,6,7). The number of anilines is 2. The van der Waals surface area contributed by atoms with Crippen molar-refractivity contribution in [3.05, 3.63) is 59.2 Å². The number of imide groups is 2. The maximum atomic E-state index is 13.2. The molecule has 0 spiro atoms. The number of fused-ring (bicyclic) bond motifs is 1. The number of carboxylic acids is 1. The van der Waals surface area contributed by atoms with Gasteiger partial charge in [-0.15, -0.1) is 0 Å². The molecule has 3 aliphatic rings. The second-order valence-corrected chi connectivity index (χ2v) is 9.77. The first-order chi connectivity index (χ1) is 19.8. The molecule has 3 heterocycles. The quantitative estimate of drug-likeness (QED) is 0.452. The highest BCUT2D eigenvalue weighted by Crippen LogP contribution is 2.30. The number of hydrogen-bond acceptors (Lipinski definition) is 8. The summed E-state index contributed by atoms with van der Waals surface area (Å²) in [4.78, 5) is 77.4. The maximum absolute atomic E-state index is 13.2. The summed E-state index contributed by atoms with van der Waals surface area (Å²) in [6.45, 7) is 3.83. The van der Waals surface area contributed by atoms with Crippen molar-refractivity contribution in [2.75, 3.05) is 43.4 Å². The molecule has 5 rings (SSSR count). The number of rotatable bonds is 4. The van der Waals surface area contributed by atoms with Crippen molar-refractivity contribution in [1.82, 2.24) is 15.1 Å². The number of halogens is 3. The smallest absolute Gasteiger partial charge is 0.475 e. The predicted molar refractivity (Wildman–Crippen MR) is 141 cm³/mol. The number of aliphatic carboxylic acids is 1. The molecule has 1 unspecified atom stereocenters. The molecule has 5 amide bonds. The molecule has 3 aliphatic heterocycles. The zero-order valence-electron chi connectivity index (χ0n) is 22.2. The number of carbonyl (C=O) groups excluding carboxylic acids is 5. The zero-order valence-corrected chi connectivity index (χ0v) is 22.2. The Bertz CT molecular complexity index is 1440. The Morgan fingerprint density at radius 1 is 0.952 bits per heavy atom. The van der Waals surface area contributed by atoms with Gasteiger partial charge in [-0.3, -0.25) is 34.2 Å². The lowest BCUT2D eigenvalue weighted by Gasteiger charge is -2.34. The normalized spacial score (nSPS) is 19.1. The first-order valence-electron chi connectivity index (χ1n) is 12.8. The van der Waals surface area contributed by atoms with Crippen LogP contribution in [0.4, 0.5) is 24.5 Å². The largest absolute Gasteiger partial charge is 0.490 e. The van der Waals surface area contributed by atoms with Crippen molar-refractivity contribution < 1.29 is 47.0 Å². The highest BCUT2D eigenvalue weighted by Gasteiger charge is 2.46. The Hall–Kier alpha value is -4.79. The number of nitrogens with zero attached hydrogens (tertiary/aromatic N) is 3. The van der Waals surface area contributed by atoms with Crippen molar-refractivity contribution in [3.8, 4) is 0 Å². The van der Waals surface area contributed by atoms with Crippen molar-refractivity contribution in [3.63, 3.8) is 0 Å². The van der Waals surface area contributed by atoms with Crippen LogP contribution in [0, 0.1) is 0 Å². The molecule has 0 bridgehead atoms. The fraction of sp³-hybridized carbons (Fsp3) is 0.333. The van der Waals surface area contributed by atoms with E-state index in [0.29, 0.717) is 5.69 Å². The Morgan fingerprint density at radius 2 is 1.57 bits per heavy atom. The molecular weight excluding hydrogens is 563 g/mol. The molecule has 2 fully saturated rings. The molecule has 0 saturated carbocycles. The van der Waals surface area contributed by atoms with Crippen LogP contribution in [0.3, 0.4) is 0 Å². The number of piperidine rings is 1. The van der Waals surface area contributed by atoms with Crippen LogP contribution in [0.2, 0.25) is 0 Å². The van der Waals surface area contributed by atoms with Gasteiger partial charge in [0.2, 0.25) is 11.8 Å². The molecule has 0 aliphatic carbocycles. The number of alkyl halides is 3. The molecule has 222 valence electrons. The topological polar surface area (TPSA) is 156 Å². The highest BCUT2D eigenvalue weighted by molar-refractivity contribution is 6.27. The molecule has 3 N–H and O–H groups in total. The van der Waals surface area contributed by atoms with Crippen LogP contribution in [0.15, 0.2) is 42.5 Å². The number of benzene rings is 2. The molecule has 2 aromatic carbocycles. The van der Waals surface area contributed by atoms with Crippen LogP contribution in [0.1, 0.15) is 43.9 Å². The summed E-state index contributed by atoms with van der Waals surface area (Å²) in [5.74, 6) is -5.78. The van der Waals surface area contributed by atoms with Crippen molar-refractivity contribution in [1.29, 1.82) is 0 Å². The molecule has 1 atom stereocenters. The van der Waals surface area contributed by atoms with Crippen molar-refractivity contribution in [2.24, 2.45) is 0 Å². The van der Waals surface area contributed by atoms with Crippen LogP contribution in [-0.4, -0.2) is 95.9 Å². The second kappa shape index (κ2) is 12.0. The van der Waals surface area contributed by atoms with Gasteiger partial charge >= 0.3 is 12.1 Å². The average molecular weight is 590 g/mol. The summed E-state index contributed by atoms with van der Waals surface area (Å²) in [6.07, 6.45) is -5.00. The fourth-order valence-electron chi connectivity index (χ4n) is 4.72. The molecule has 15 heteroatoms. The van der Waals surface area contributed by atoms with E-state index in [2.05, 4.69) is 27.5 Å². The van der Waals surface area contributed by atoms with Gasteiger partial charge in [0, 0.05) is 44.0 Å². The summed E-state index contributed by atoms with van der Waals surface area (Å²) in [5, 5.41) is 12.1. The summed E-state index contributed by atoms with van der Waals surface area (Å²) in [6, 6.07) is 10.9. The van der Waals surface area contributed by atoms with Gasteiger partial charge in [-0.1, -0.05) is 6.07 Å². The van der Waals surface area contributed by atoms with Gasteiger partial charge in [-0.2, -0.15) is 13.2 Å². The third kappa shape index (κ3) is 6.40. The molecule has 42 heavy (non-hydrogen) atoms. The van der Waals surface area contributed by atoms with Crippen LogP contribution < -0.4 is 15.5 Å². The minimum absolute atomic E-state index is 0.0290. The van der Waals surface area contributed by atoms with E-state index in [0.717, 1.165) is 36.8 Å². The van der Waals surface area contributed by atoms with Gasteiger partial charge < -0.3 is 20.2 Å². The SMILES string of the molecule is CN1CCN(c2ccc(NC(=O)c3cccc4c3C(=O)N(C3CCC(=O)NC3=O)C4=O)cc2)CC1.O=C(O)C(F)(F)F. The van der Waals surface area contributed by atoms with E-state index in [1.54, 1.807) is 12.1 Å². The van der Waals surface area contributed by atoms with Gasteiger partial charge in [0.05, 0.1) is 16.7 Å². The van der Waals surface area contributed by atoms with Gasteiger partial charge in [0.25, 0.3) is 17.7 Å². The Labute approximate surface area is 237 Å². The minimum Gasteiger partial charge on any atom is -0.475 e. The number of nitrogens with one attached hydrogen (secondary N) is 2. The first kappa shape index (κ1) is 30.2. The predicted octanol–water partition coefficient (Wildman–Crippen LogP) is 1.73. The number of likely N-dealkylation sites (N-methyl/N-ethyl adjacent to an activating group) is 1. The van der Waals surface area contributed by atoms with Crippen LogP contribution in [0.25, 0.3) is 0 Å². The van der Waals surface area contributed by atoms with E-state index in [-0.39, 0.29) is 29.5 Å². The third-order valence-corrected chi connectivity index (χ3v) is 6.95. The lowest BCUT2D eigenvalue weighted by Crippen LogP contribution is -2.54. The van der Waals surface area contributed by atoms with E-state index >= 15 is 0 Å². The number of amides is 5. The van der Waals surface area contributed by atoms with E-state index in [1.807, 2.05) is 12.1 Å². The van der Waals surface area contributed by atoms with Crippen LogP contribution in [-0.2, 0) is 14.4 Å². The first-order valence-corrected chi connectivity index (χ1v) is 12.8. The van der Waals surface area contributed by atoms with E-state index < -0.39 is 47.7 Å². The average Bonchev–Trinajstić information content (AvgIpc) is 3.19. The summed E-state index contributed by atoms with van der Waals surface area (Å²) in [5.41, 5.74) is 1.71. The van der Waals surface area contributed by atoms with Gasteiger partial charge in [-0.05, 0) is 49.9 Å². The second-order valence-electron chi connectivity index (χ2n) is 9.77. The molecule has 2 aromatic rings. The Balaban J connectivity index is 0.000000517. The molecule has 2 saturated heterocycles. The third-order valence-electron chi connectivity index (χ3n) is 6.95. The molecule has 12 nitrogen and oxygen atoms in total. The Morgan fingerprint density at radius 3 is 2.14 bits per heavy atom. The summed E-state index contributed by atoms with van der Waals surface area (Å²) in [7, 11) is 2.10. The lowest BCUT2D eigenvalue weighted by atomic mass is 10.0. The van der Waals surface area contributed by atoms with Gasteiger partial charge in [0.15, 0.2) is 0 Å². The van der Waals surface area contributed by atoms with Gasteiger partial charge in [-0.25, -0.2) is 4.79 Å². The van der Waals surface area contributed by atoms with Crippen molar-refractivity contribution >= 4 is 46.9 Å². The Kier molecular flexibility index (Phi) is 8.61. The number of carboxylic acid groups (broad SMARTS) is 1. The lowest BCUT2D eigenvalue weighted by molar-refractivity contribution is -0.192. The van der Waals surface area contributed by atoms with Crippen molar-refractivity contribution in [2.45, 2.75) is 25.1 Å². The summed E-state index contributed by atoms with van der Waals surface area (Å²) >= 11 is 0. The molecular formula is C27H26F3N5O7. The van der Waals surface area contributed by atoms with E-state index in [9.17, 15) is 37.1 Å². The maximum Gasteiger partial charge on any atom is 0.490 e.